The summed E-state index contributed by atoms with van der Waals surface area (Å²) >= 11 is 0. The number of hydrogen-bond donors (Lipinski definition) is 3. The van der Waals surface area contributed by atoms with Crippen molar-refractivity contribution in [2.45, 2.75) is 103 Å². The number of carbonyl (C=O) groups excluding carboxylic acids is 6. The van der Waals surface area contributed by atoms with Crippen molar-refractivity contribution in [2.75, 3.05) is 59.1 Å². The number of alkyl carbamates (subject to hydrolysis) is 3. The number of ether oxygens (including phenoxy) is 3. The molecule has 15 nitrogen and oxygen atoms in total. The van der Waals surface area contributed by atoms with Gasteiger partial charge in [0.25, 0.3) is 0 Å². The van der Waals surface area contributed by atoms with Crippen molar-refractivity contribution >= 4 is 36.5 Å². The summed E-state index contributed by atoms with van der Waals surface area (Å²) in [5.74, 6) is 0. The molecule has 3 amide bonds. The van der Waals surface area contributed by atoms with Crippen LogP contribution in [0.2, 0.25) is 0 Å². The highest BCUT2D eigenvalue weighted by atomic mass is 16.6. The van der Waals surface area contributed by atoms with E-state index in [1.807, 2.05) is 6.92 Å². The highest BCUT2D eigenvalue weighted by Gasteiger charge is 2.31. The highest BCUT2D eigenvalue weighted by Crippen LogP contribution is 2.31. The first-order chi connectivity index (χ1) is 22.9. The molecular weight excluding hydrogens is 612 g/mol. The molecule has 266 valence electrons. The maximum absolute atomic E-state index is 12.4. The zero-order chi connectivity index (χ0) is 34.7. The molecule has 0 atom stereocenters. The number of nitrogens with zero attached hydrogens (tertiary/aromatic N) is 3. The van der Waals surface area contributed by atoms with Crippen molar-refractivity contribution in [3.8, 4) is 0 Å². The van der Waals surface area contributed by atoms with Gasteiger partial charge in [0.05, 0.1) is 39.5 Å². The van der Waals surface area contributed by atoms with Crippen molar-refractivity contribution in [3.05, 3.63) is 0 Å². The van der Waals surface area contributed by atoms with E-state index in [-0.39, 0.29) is 19.8 Å². The van der Waals surface area contributed by atoms with Crippen molar-refractivity contribution in [1.29, 1.82) is 0 Å². The van der Waals surface area contributed by atoms with Crippen molar-refractivity contribution in [1.82, 2.24) is 16.0 Å². The third kappa shape index (κ3) is 27.9. The van der Waals surface area contributed by atoms with Gasteiger partial charge in [0.2, 0.25) is 18.2 Å². The number of nitrogens with one attached hydrogen (secondary N) is 3. The molecule has 3 N–H and O–H groups in total. The Kier molecular flexibility index (Phi) is 29.2. The molecule has 0 aliphatic carbocycles. The minimum absolute atomic E-state index is 0.0529. The largest absolute Gasteiger partial charge is 0.450 e. The molecule has 0 aromatic carbocycles. The Balaban J connectivity index is 4.69. The molecule has 0 spiro atoms. The van der Waals surface area contributed by atoms with Crippen molar-refractivity contribution in [3.63, 3.8) is 0 Å². The van der Waals surface area contributed by atoms with Crippen LogP contribution in [0.15, 0.2) is 15.0 Å². The van der Waals surface area contributed by atoms with Gasteiger partial charge >= 0.3 is 18.3 Å². The fraction of sp³-hybridized carbons (Fsp3) is 0.812. The van der Waals surface area contributed by atoms with Crippen LogP contribution in [0.4, 0.5) is 14.4 Å². The monoisotopic (exact) mass is 666 g/mol. The summed E-state index contributed by atoms with van der Waals surface area (Å²) in [5.41, 5.74) is -0.592. The first-order valence-corrected chi connectivity index (χ1v) is 16.8. The third-order valence-corrected chi connectivity index (χ3v) is 7.58. The van der Waals surface area contributed by atoms with E-state index in [9.17, 15) is 28.8 Å². The summed E-state index contributed by atoms with van der Waals surface area (Å²) in [4.78, 5) is 77.6. The van der Waals surface area contributed by atoms with Crippen LogP contribution < -0.4 is 16.0 Å². The van der Waals surface area contributed by atoms with Gasteiger partial charge in [-0.15, -0.1) is 0 Å². The smallest absolute Gasteiger partial charge is 0.407 e. The van der Waals surface area contributed by atoms with E-state index in [2.05, 4.69) is 30.9 Å². The number of rotatable bonds is 30. The number of unbranched alkanes of at least 4 members (excludes halogenated alkanes) is 9. The van der Waals surface area contributed by atoms with Gasteiger partial charge in [0.1, 0.15) is 0 Å². The average Bonchev–Trinajstić information content (AvgIpc) is 3.07. The van der Waals surface area contributed by atoms with Gasteiger partial charge in [-0.05, 0) is 57.8 Å². The lowest BCUT2D eigenvalue weighted by Crippen LogP contribution is -2.36. The molecule has 47 heavy (non-hydrogen) atoms. The summed E-state index contributed by atoms with van der Waals surface area (Å²) in [6.45, 7) is 4.91. The van der Waals surface area contributed by atoms with Gasteiger partial charge in [0.15, 0.2) is 0 Å². The number of amides is 3. The third-order valence-electron chi connectivity index (χ3n) is 7.58. The second-order valence-corrected chi connectivity index (χ2v) is 11.1. The zero-order valence-electron chi connectivity index (χ0n) is 28.0. The van der Waals surface area contributed by atoms with Crippen LogP contribution in [0.3, 0.4) is 0 Å². The minimum Gasteiger partial charge on any atom is -0.450 e. The van der Waals surface area contributed by atoms with Crippen LogP contribution in [-0.4, -0.2) is 95.6 Å². The zero-order valence-corrected chi connectivity index (χ0v) is 28.0. The van der Waals surface area contributed by atoms with Crippen molar-refractivity contribution < 1.29 is 43.0 Å². The van der Waals surface area contributed by atoms with Gasteiger partial charge < -0.3 is 30.2 Å². The molecule has 0 saturated heterocycles. The molecule has 0 bridgehead atoms. The van der Waals surface area contributed by atoms with E-state index in [0.29, 0.717) is 58.5 Å². The van der Waals surface area contributed by atoms with Crippen LogP contribution >= 0.6 is 0 Å². The summed E-state index contributed by atoms with van der Waals surface area (Å²) in [5, 5.41) is 8.19. The highest BCUT2D eigenvalue weighted by molar-refractivity contribution is 5.67. The normalized spacial score (nSPS) is 11.4. The predicted octanol–water partition coefficient (Wildman–Crippen LogP) is 5.03. The first-order valence-electron chi connectivity index (χ1n) is 16.8. The SMILES string of the molecule is CCC(CCOC(=O)NCCCCCCN=C=O)(CCOC(=O)NCCCCCCN=C=O)COC(=O)NCCCCCCN=C=O. The molecule has 0 radical (unpaired) electrons. The van der Waals surface area contributed by atoms with Crippen LogP contribution in [0.25, 0.3) is 0 Å². The van der Waals surface area contributed by atoms with Gasteiger partial charge in [-0.25, -0.2) is 43.7 Å². The van der Waals surface area contributed by atoms with Gasteiger partial charge in [-0.1, -0.05) is 45.4 Å². The Morgan fingerprint density at radius 2 is 0.872 bits per heavy atom. The Hall–Kier alpha value is -4.05. The molecule has 0 aromatic rings. The van der Waals surface area contributed by atoms with E-state index in [1.165, 1.54) is 18.2 Å². The molecule has 0 saturated carbocycles. The van der Waals surface area contributed by atoms with Crippen LogP contribution in [-0.2, 0) is 28.6 Å². The Morgan fingerprint density at radius 1 is 0.532 bits per heavy atom. The molecule has 0 aliphatic rings. The Labute approximate surface area is 278 Å². The molecule has 0 rings (SSSR count). The maximum Gasteiger partial charge on any atom is 0.407 e. The lowest BCUT2D eigenvalue weighted by Gasteiger charge is -2.32. The van der Waals surface area contributed by atoms with Gasteiger partial charge in [0, 0.05) is 25.0 Å². The first kappa shape index (κ1) is 43.0. The molecule has 0 heterocycles. The number of isocyanates is 3. The van der Waals surface area contributed by atoms with Crippen LogP contribution in [0, 0.1) is 5.41 Å². The summed E-state index contributed by atoms with van der Waals surface area (Å²) < 4.78 is 16.3. The lowest BCUT2D eigenvalue weighted by atomic mass is 9.80. The number of hydrogen-bond acceptors (Lipinski definition) is 12. The van der Waals surface area contributed by atoms with Gasteiger partial charge in [-0.3, -0.25) is 0 Å². The van der Waals surface area contributed by atoms with E-state index >= 15 is 0 Å². The molecule has 0 fully saturated rings. The fourth-order valence-corrected chi connectivity index (χ4v) is 4.53. The minimum atomic E-state index is -0.592. The Bertz CT molecular complexity index is 944. The summed E-state index contributed by atoms with van der Waals surface area (Å²) in [6.07, 6.45) is 14.3. The quantitative estimate of drug-likeness (QED) is 0.0406. The standard InChI is InChI=1S/C32H54N6O9/c1-2-32(25-47-31(44)38-22-14-8-5-11-19-35-28-41,15-23-45-29(42)36-20-12-6-3-9-17-33-26-39)16-24-46-30(43)37-21-13-7-4-10-18-34-27-40/h2-25H2,1H3,(H,36,42)(H,37,43)(H,38,44). The second-order valence-electron chi connectivity index (χ2n) is 11.1. The second kappa shape index (κ2) is 31.9. The van der Waals surface area contributed by atoms with E-state index < -0.39 is 23.7 Å². The van der Waals surface area contributed by atoms with E-state index in [1.54, 1.807) is 0 Å². The summed E-state index contributed by atoms with van der Waals surface area (Å²) in [7, 11) is 0. The van der Waals surface area contributed by atoms with E-state index in [4.69, 9.17) is 14.2 Å². The molecule has 0 aromatic heterocycles. The molecule has 0 unspecified atom stereocenters. The van der Waals surface area contributed by atoms with E-state index in [0.717, 1.165) is 77.0 Å². The lowest BCUT2D eigenvalue weighted by molar-refractivity contribution is 0.0329. The topological polar surface area (TPSA) is 203 Å². The predicted molar refractivity (Wildman–Crippen MR) is 174 cm³/mol. The van der Waals surface area contributed by atoms with Crippen molar-refractivity contribution in [2.24, 2.45) is 20.4 Å². The molecular formula is C32H54N6O9. The Morgan fingerprint density at radius 3 is 1.21 bits per heavy atom. The summed E-state index contributed by atoms with van der Waals surface area (Å²) in [6, 6.07) is 0. The molecule has 15 heteroatoms. The van der Waals surface area contributed by atoms with Crippen LogP contribution in [0.5, 0.6) is 0 Å². The van der Waals surface area contributed by atoms with Gasteiger partial charge in [-0.2, -0.15) is 0 Å². The van der Waals surface area contributed by atoms with Crippen LogP contribution in [0.1, 0.15) is 103 Å². The number of aliphatic imine (C=N–C) groups is 3. The average molecular weight is 667 g/mol. The number of carbonyl (C=O) groups is 3. The fourth-order valence-electron chi connectivity index (χ4n) is 4.53. The maximum atomic E-state index is 12.4. The molecule has 0 aliphatic heterocycles.